The highest BCUT2D eigenvalue weighted by molar-refractivity contribution is 7.13. The summed E-state index contributed by atoms with van der Waals surface area (Å²) in [6.45, 7) is 5.17. The molecule has 5 nitrogen and oxygen atoms in total. The number of amides is 1. The lowest BCUT2D eigenvalue weighted by molar-refractivity contribution is -0.118. The van der Waals surface area contributed by atoms with Gasteiger partial charge >= 0.3 is 0 Å². The fourth-order valence-corrected chi connectivity index (χ4v) is 4.03. The minimum atomic E-state index is -0.284. The molecule has 1 aromatic carbocycles. The Kier molecular flexibility index (Phi) is 6.75. The van der Waals surface area contributed by atoms with Gasteiger partial charge in [0.1, 0.15) is 5.75 Å². The van der Waals surface area contributed by atoms with Crippen molar-refractivity contribution in [1.29, 1.82) is 0 Å². The fraction of sp³-hybridized carbons (Fsp3) is 0.444. The van der Waals surface area contributed by atoms with E-state index < -0.39 is 0 Å². The van der Waals surface area contributed by atoms with Crippen LogP contribution in [0.1, 0.15) is 25.5 Å². The lowest BCUT2D eigenvalue weighted by Crippen LogP contribution is -2.33. The number of nitrogens with one attached hydrogen (secondary N) is 1. The first-order valence-corrected chi connectivity index (χ1v) is 10.2. The van der Waals surface area contributed by atoms with Crippen LogP contribution in [0, 0.1) is 5.92 Å². The molecule has 2 heterocycles. The summed E-state index contributed by atoms with van der Waals surface area (Å²) in [7, 11) is 0. The number of carbonyl (C=O) groups is 1. The highest BCUT2D eigenvalue weighted by atomic mass is 35.5. The number of piperidine rings is 1. The zero-order chi connectivity index (χ0) is 18.5. The second kappa shape index (κ2) is 9.04. The summed E-state index contributed by atoms with van der Waals surface area (Å²) in [4.78, 5) is 19.0. The largest absolute Gasteiger partial charge is 0.482 e. The number of halogens is 2. The van der Waals surface area contributed by atoms with Crippen LogP contribution in [0.25, 0.3) is 0 Å². The zero-order valence-corrected chi connectivity index (χ0v) is 16.8. The molecule has 26 heavy (non-hydrogen) atoms. The smallest absolute Gasteiger partial charge is 0.264 e. The summed E-state index contributed by atoms with van der Waals surface area (Å²) in [5.74, 6) is 0.832. The molecule has 1 aliphatic rings. The number of carbonyl (C=O) groups excluding carboxylic acids is 1. The Morgan fingerprint density at radius 3 is 3.12 bits per heavy atom. The van der Waals surface area contributed by atoms with Crippen LogP contribution in [0.3, 0.4) is 0 Å². The Morgan fingerprint density at radius 1 is 1.46 bits per heavy atom. The van der Waals surface area contributed by atoms with E-state index in [2.05, 4.69) is 22.1 Å². The van der Waals surface area contributed by atoms with Gasteiger partial charge in [-0.05, 0) is 37.4 Å². The van der Waals surface area contributed by atoms with Crippen LogP contribution in [-0.4, -0.2) is 35.5 Å². The molecular weight excluding hydrogens is 393 g/mol. The van der Waals surface area contributed by atoms with Crippen LogP contribution in [-0.2, 0) is 11.3 Å². The number of hydrogen-bond acceptors (Lipinski definition) is 5. The van der Waals surface area contributed by atoms with Crippen molar-refractivity contribution in [3.05, 3.63) is 39.3 Å². The highest BCUT2D eigenvalue weighted by Crippen LogP contribution is 2.27. The molecule has 0 radical (unpaired) electrons. The van der Waals surface area contributed by atoms with E-state index in [1.165, 1.54) is 24.2 Å². The molecule has 1 atom stereocenters. The molecule has 2 aromatic rings. The van der Waals surface area contributed by atoms with Crippen molar-refractivity contribution >= 4 is 45.6 Å². The normalized spacial score (nSPS) is 17.9. The summed E-state index contributed by atoms with van der Waals surface area (Å²) >= 11 is 13.3. The van der Waals surface area contributed by atoms with E-state index in [0.29, 0.717) is 20.9 Å². The number of hydrogen-bond donors (Lipinski definition) is 1. The van der Waals surface area contributed by atoms with Crippen LogP contribution in [0.2, 0.25) is 10.0 Å². The van der Waals surface area contributed by atoms with Crippen molar-refractivity contribution in [2.24, 2.45) is 5.92 Å². The average molecular weight is 414 g/mol. The molecule has 0 spiro atoms. The van der Waals surface area contributed by atoms with E-state index >= 15 is 0 Å². The highest BCUT2D eigenvalue weighted by Gasteiger charge is 2.17. The maximum Gasteiger partial charge on any atom is 0.264 e. The molecule has 0 aliphatic carbocycles. The van der Waals surface area contributed by atoms with E-state index in [1.54, 1.807) is 18.2 Å². The molecule has 1 aliphatic heterocycles. The molecule has 0 bridgehead atoms. The molecule has 1 aromatic heterocycles. The van der Waals surface area contributed by atoms with Gasteiger partial charge in [-0.3, -0.25) is 15.0 Å². The Morgan fingerprint density at radius 2 is 2.31 bits per heavy atom. The van der Waals surface area contributed by atoms with E-state index in [9.17, 15) is 4.79 Å². The quantitative estimate of drug-likeness (QED) is 0.745. The van der Waals surface area contributed by atoms with Crippen LogP contribution < -0.4 is 10.1 Å². The number of thiazole rings is 1. The maximum atomic E-state index is 12.1. The van der Waals surface area contributed by atoms with Crippen molar-refractivity contribution in [3.8, 4) is 5.75 Å². The molecular formula is C18H21Cl2N3O2S. The van der Waals surface area contributed by atoms with Crippen LogP contribution >= 0.6 is 34.5 Å². The molecule has 3 rings (SSSR count). The number of ether oxygens (including phenoxy) is 1. The molecule has 1 saturated heterocycles. The molecule has 1 fully saturated rings. The van der Waals surface area contributed by atoms with Gasteiger partial charge < -0.3 is 4.74 Å². The maximum absolute atomic E-state index is 12.1. The molecule has 0 saturated carbocycles. The summed E-state index contributed by atoms with van der Waals surface area (Å²) in [6.07, 6.45) is 2.53. The molecule has 1 amide bonds. The van der Waals surface area contributed by atoms with E-state index in [0.717, 1.165) is 31.2 Å². The van der Waals surface area contributed by atoms with Crippen molar-refractivity contribution < 1.29 is 9.53 Å². The minimum Gasteiger partial charge on any atom is -0.482 e. The summed E-state index contributed by atoms with van der Waals surface area (Å²) < 4.78 is 5.43. The first-order chi connectivity index (χ1) is 12.5. The van der Waals surface area contributed by atoms with Crippen molar-refractivity contribution in [2.75, 3.05) is 25.0 Å². The number of likely N-dealkylation sites (tertiary alicyclic amines) is 1. The van der Waals surface area contributed by atoms with Gasteiger partial charge in [0, 0.05) is 29.6 Å². The number of nitrogens with zero attached hydrogens (tertiary/aromatic N) is 2. The second-order valence-electron chi connectivity index (χ2n) is 6.54. The molecule has 8 heteroatoms. The van der Waals surface area contributed by atoms with Gasteiger partial charge in [-0.2, -0.15) is 0 Å². The van der Waals surface area contributed by atoms with Crippen LogP contribution in [0.15, 0.2) is 23.6 Å². The standard InChI is InChI=1S/C18H21Cl2N3O2S/c1-12-3-2-6-23(8-12)9-14-11-26-18(21-14)22-17(24)10-25-16-7-13(19)4-5-15(16)20/h4-5,7,11-12H,2-3,6,8-10H2,1H3,(H,21,22,24). The Labute approximate surface area is 167 Å². The molecule has 1 N–H and O–H groups in total. The van der Waals surface area contributed by atoms with Gasteiger partial charge in [-0.1, -0.05) is 30.1 Å². The first kappa shape index (κ1) is 19.4. The van der Waals surface area contributed by atoms with E-state index in [-0.39, 0.29) is 12.5 Å². The topological polar surface area (TPSA) is 54.5 Å². The minimum absolute atomic E-state index is 0.154. The Balaban J connectivity index is 1.49. The lowest BCUT2D eigenvalue weighted by Gasteiger charge is -2.30. The Bertz CT molecular complexity index is 769. The van der Waals surface area contributed by atoms with Crippen LogP contribution in [0.4, 0.5) is 5.13 Å². The van der Waals surface area contributed by atoms with Gasteiger partial charge in [0.15, 0.2) is 11.7 Å². The Hall–Kier alpha value is -1.34. The fourth-order valence-electron chi connectivity index (χ4n) is 2.98. The number of benzene rings is 1. The predicted octanol–water partition coefficient (Wildman–Crippen LogP) is 4.70. The van der Waals surface area contributed by atoms with Gasteiger partial charge in [-0.25, -0.2) is 4.98 Å². The monoisotopic (exact) mass is 413 g/mol. The lowest BCUT2D eigenvalue weighted by atomic mass is 10.0. The zero-order valence-electron chi connectivity index (χ0n) is 14.5. The summed E-state index contributed by atoms with van der Waals surface area (Å²) in [6, 6.07) is 4.88. The van der Waals surface area contributed by atoms with E-state index in [1.807, 2.05) is 5.38 Å². The van der Waals surface area contributed by atoms with Gasteiger partial charge in [0.25, 0.3) is 5.91 Å². The van der Waals surface area contributed by atoms with Crippen LogP contribution in [0.5, 0.6) is 5.75 Å². The van der Waals surface area contributed by atoms with Crippen molar-refractivity contribution in [3.63, 3.8) is 0 Å². The third-order valence-electron chi connectivity index (χ3n) is 4.18. The third-order valence-corrected chi connectivity index (χ3v) is 5.53. The van der Waals surface area contributed by atoms with Gasteiger partial charge in [0.2, 0.25) is 0 Å². The van der Waals surface area contributed by atoms with E-state index in [4.69, 9.17) is 27.9 Å². The number of rotatable bonds is 6. The molecule has 1 unspecified atom stereocenters. The predicted molar refractivity (Wildman–Crippen MR) is 106 cm³/mol. The second-order valence-corrected chi connectivity index (χ2v) is 8.24. The average Bonchev–Trinajstić information content (AvgIpc) is 3.02. The summed E-state index contributed by atoms with van der Waals surface area (Å²) in [5.41, 5.74) is 0.984. The third kappa shape index (κ3) is 5.58. The van der Waals surface area contributed by atoms with Gasteiger partial charge in [0.05, 0.1) is 10.7 Å². The van der Waals surface area contributed by atoms with Gasteiger partial charge in [-0.15, -0.1) is 11.3 Å². The number of aromatic nitrogens is 1. The number of anilines is 1. The summed E-state index contributed by atoms with van der Waals surface area (Å²) in [5, 5.41) is 6.24. The SMILES string of the molecule is CC1CCCN(Cc2csc(NC(=O)COc3cc(Cl)ccc3Cl)n2)C1. The van der Waals surface area contributed by atoms with Crippen molar-refractivity contribution in [2.45, 2.75) is 26.3 Å². The first-order valence-electron chi connectivity index (χ1n) is 8.54. The van der Waals surface area contributed by atoms with Crippen molar-refractivity contribution in [1.82, 2.24) is 9.88 Å². The molecule has 140 valence electrons.